The molecule has 1 aromatic rings. The van der Waals surface area contributed by atoms with Crippen LogP contribution in [0.1, 0.15) is 38.2 Å². The molecule has 17 heavy (non-hydrogen) atoms. The number of anilines is 1. The van der Waals surface area contributed by atoms with Crippen molar-refractivity contribution in [3.63, 3.8) is 0 Å². The molecule has 1 aliphatic rings. The van der Waals surface area contributed by atoms with E-state index in [2.05, 4.69) is 22.8 Å². The topological polar surface area (TPSA) is 41.1 Å². The molecular weight excluding hydrogens is 212 g/mol. The summed E-state index contributed by atoms with van der Waals surface area (Å²) in [6, 6.07) is 8.81. The maximum atomic E-state index is 11.4. The van der Waals surface area contributed by atoms with E-state index in [1.165, 1.54) is 18.4 Å². The van der Waals surface area contributed by atoms with Gasteiger partial charge in [0.2, 0.25) is 5.91 Å². The highest BCUT2D eigenvalue weighted by molar-refractivity contribution is 5.90. The molecule has 0 atom stereocenters. The van der Waals surface area contributed by atoms with Crippen LogP contribution in [0.5, 0.6) is 0 Å². The first kappa shape index (κ1) is 12.1. The first-order valence-corrected chi connectivity index (χ1v) is 6.40. The molecule has 2 N–H and O–H groups in total. The van der Waals surface area contributed by atoms with Crippen molar-refractivity contribution in [2.45, 2.75) is 45.2 Å². The van der Waals surface area contributed by atoms with Gasteiger partial charge in [-0.1, -0.05) is 19.1 Å². The Morgan fingerprint density at radius 3 is 2.59 bits per heavy atom. The minimum Gasteiger partial charge on any atom is -0.326 e. The Kier molecular flexibility index (Phi) is 4.15. The van der Waals surface area contributed by atoms with Crippen molar-refractivity contribution in [3.05, 3.63) is 29.8 Å². The summed E-state index contributed by atoms with van der Waals surface area (Å²) in [6.07, 6.45) is 4.09. The van der Waals surface area contributed by atoms with E-state index >= 15 is 0 Å². The summed E-state index contributed by atoms with van der Waals surface area (Å²) in [7, 11) is 0. The number of carbonyl (C=O) groups is 1. The van der Waals surface area contributed by atoms with Gasteiger partial charge < -0.3 is 10.6 Å². The molecule has 0 radical (unpaired) electrons. The van der Waals surface area contributed by atoms with Crippen molar-refractivity contribution in [2.75, 3.05) is 5.32 Å². The first-order chi connectivity index (χ1) is 8.28. The number of carbonyl (C=O) groups excluding carboxylic acids is 1. The second-order valence-corrected chi connectivity index (χ2v) is 4.65. The number of nitrogens with one attached hydrogen (secondary N) is 2. The van der Waals surface area contributed by atoms with E-state index in [-0.39, 0.29) is 5.91 Å². The molecule has 1 amide bonds. The molecule has 0 bridgehead atoms. The quantitative estimate of drug-likeness (QED) is 0.791. The standard InChI is InChI=1S/C14H20N2O/c1-2-3-14(17)16-13-6-4-11(5-7-13)10-15-12-8-9-12/h4-7,12,15H,2-3,8-10H2,1H3,(H,16,17). The molecule has 0 saturated heterocycles. The van der Waals surface area contributed by atoms with E-state index < -0.39 is 0 Å². The zero-order chi connectivity index (χ0) is 12.1. The van der Waals surface area contributed by atoms with Crippen LogP contribution in [0.4, 0.5) is 5.69 Å². The average Bonchev–Trinajstić information content (AvgIpc) is 3.12. The Labute approximate surface area is 103 Å². The number of hydrogen-bond donors (Lipinski definition) is 2. The van der Waals surface area contributed by atoms with Crippen LogP contribution in [-0.4, -0.2) is 11.9 Å². The van der Waals surface area contributed by atoms with Gasteiger partial charge in [0.15, 0.2) is 0 Å². The molecule has 0 spiro atoms. The molecule has 3 nitrogen and oxygen atoms in total. The zero-order valence-corrected chi connectivity index (χ0v) is 10.3. The minimum absolute atomic E-state index is 0.0938. The van der Waals surface area contributed by atoms with Gasteiger partial charge in [-0.2, -0.15) is 0 Å². The van der Waals surface area contributed by atoms with Crippen molar-refractivity contribution < 1.29 is 4.79 Å². The van der Waals surface area contributed by atoms with Crippen LogP contribution in [-0.2, 0) is 11.3 Å². The van der Waals surface area contributed by atoms with Gasteiger partial charge in [0, 0.05) is 24.7 Å². The monoisotopic (exact) mass is 232 g/mol. The molecule has 3 heteroatoms. The van der Waals surface area contributed by atoms with Crippen LogP contribution in [0, 0.1) is 0 Å². The van der Waals surface area contributed by atoms with E-state index in [0.29, 0.717) is 6.42 Å². The smallest absolute Gasteiger partial charge is 0.224 e. The van der Waals surface area contributed by atoms with Crippen molar-refractivity contribution in [1.29, 1.82) is 0 Å². The first-order valence-electron chi connectivity index (χ1n) is 6.40. The van der Waals surface area contributed by atoms with Crippen LogP contribution in [0.3, 0.4) is 0 Å². The predicted molar refractivity (Wildman–Crippen MR) is 69.8 cm³/mol. The third-order valence-electron chi connectivity index (χ3n) is 2.89. The number of hydrogen-bond acceptors (Lipinski definition) is 2. The van der Waals surface area contributed by atoms with Crippen LogP contribution in [0.2, 0.25) is 0 Å². The van der Waals surface area contributed by atoms with Gasteiger partial charge in [-0.05, 0) is 37.0 Å². The third kappa shape index (κ3) is 4.19. The Morgan fingerprint density at radius 2 is 2.00 bits per heavy atom. The average molecular weight is 232 g/mol. The maximum Gasteiger partial charge on any atom is 0.224 e. The second-order valence-electron chi connectivity index (χ2n) is 4.65. The van der Waals surface area contributed by atoms with Gasteiger partial charge in [0.1, 0.15) is 0 Å². The molecule has 0 aromatic heterocycles. The SMILES string of the molecule is CCCC(=O)Nc1ccc(CNC2CC2)cc1. The summed E-state index contributed by atoms with van der Waals surface area (Å²) >= 11 is 0. The van der Waals surface area contributed by atoms with E-state index in [1.54, 1.807) is 0 Å². The van der Waals surface area contributed by atoms with Crippen molar-refractivity contribution in [1.82, 2.24) is 5.32 Å². The lowest BCUT2D eigenvalue weighted by Crippen LogP contribution is -2.15. The number of rotatable bonds is 6. The fourth-order valence-electron chi connectivity index (χ4n) is 1.71. The van der Waals surface area contributed by atoms with Crippen LogP contribution in [0.15, 0.2) is 24.3 Å². The number of benzene rings is 1. The molecular formula is C14H20N2O. The fourth-order valence-corrected chi connectivity index (χ4v) is 1.71. The lowest BCUT2D eigenvalue weighted by atomic mass is 10.2. The zero-order valence-electron chi connectivity index (χ0n) is 10.3. The third-order valence-corrected chi connectivity index (χ3v) is 2.89. The van der Waals surface area contributed by atoms with Gasteiger partial charge in [-0.15, -0.1) is 0 Å². The summed E-state index contributed by atoms with van der Waals surface area (Å²) in [5.74, 6) is 0.0938. The van der Waals surface area contributed by atoms with E-state index in [4.69, 9.17) is 0 Å². The lowest BCUT2D eigenvalue weighted by Gasteiger charge is -2.06. The van der Waals surface area contributed by atoms with Crippen molar-refractivity contribution >= 4 is 11.6 Å². The molecule has 92 valence electrons. The van der Waals surface area contributed by atoms with Crippen LogP contribution < -0.4 is 10.6 Å². The summed E-state index contributed by atoms with van der Waals surface area (Å²) < 4.78 is 0. The molecule has 0 unspecified atom stereocenters. The predicted octanol–water partition coefficient (Wildman–Crippen LogP) is 2.68. The largest absolute Gasteiger partial charge is 0.326 e. The molecule has 0 aliphatic heterocycles. The Hall–Kier alpha value is -1.35. The normalized spacial score (nSPS) is 14.6. The highest BCUT2D eigenvalue weighted by Crippen LogP contribution is 2.19. The summed E-state index contributed by atoms with van der Waals surface area (Å²) in [5, 5.41) is 6.35. The second kappa shape index (κ2) is 5.82. The van der Waals surface area contributed by atoms with Gasteiger partial charge in [0.05, 0.1) is 0 Å². The lowest BCUT2D eigenvalue weighted by molar-refractivity contribution is -0.116. The van der Waals surface area contributed by atoms with Crippen LogP contribution in [0.25, 0.3) is 0 Å². The molecule has 1 aromatic carbocycles. The molecule has 1 fully saturated rings. The van der Waals surface area contributed by atoms with Crippen molar-refractivity contribution in [3.8, 4) is 0 Å². The van der Waals surface area contributed by atoms with Gasteiger partial charge in [0.25, 0.3) is 0 Å². The minimum atomic E-state index is 0.0938. The summed E-state index contributed by atoms with van der Waals surface area (Å²) in [6.45, 7) is 2.93. The van der Waals surface area contributed by atoms with Crippen molar-refractivity contribution in [2.24, 2.45) is 0 Å². The maximum absolute atomic E-state index is 11.4. The Balaban J connectivity index is 1.81. The molecule has 0 heterocycles. The van der Waals surface area contributed by atoms with E-state index in [0.717, 1.165) is 24.7 Å². The summed E-state index contributed by atoms with van der Waals surface area (Å²) in [5.41, 5.74) is 2.16. The number of amides is 1. The molecule has 2 rings (SSSR count). The Morgan fingerprint density at radius 1 is 1.29 bits per heavy atom. The van der Waals surface area contributed by atoms with Crippen LogP contribution >= 0.6 is 0 Å². The fraction of sp³-hybridized carbons (Fsp3) is 0.500. The highest BCUT2D eigenvalue weighted by Gasteiger charge is 2.19. The Bertz CT molecular complexity index is 368. The molecule has 1 aliphatic carbocycles. The van der Waals surface area contributed by atoms with Gasteiger partial charge in [-0.25, -0.2) is 0 Å². The summed E-state index contributed by atoms with van der Waals surface area (Å²) in [4.78, 5) is 11.4. The highest BCUT2D eigenvalue weighted by atomic mass is 16.1. The molecule has 1 saturated carbocycles. The van der Waals surface area contributed by atoms with E-state index in [1.807, 2.05) is 19.1 Å². The van der Waals surface area contributed by atoms with Gasteiger partial charge in [-0.3, -0.25) is 4.79 Å². The van der Waals surface area contributed by atoms with E-state index in [9.17, 15) is 4.79 Å². The van der Waals surface area contributed by atoms with Gasteiger partial charge >= 0.3 is 0 Å².